The fourth-order valence-electron chi connectivity index (χ4n) is 2.44. The zero-order chi connectivity index (χ0) is 18.5. The molecule has 1 aromatic heterocycles. The van der Waals surface area contributed by atoms with E-state index in [1.54, 1.807) is 19.2 Å². The largest absolute Gasteiger partial charge is 0.497 e. The zero-order valence-electron chi connectivity index (χ0n) is 14.4. The highest BCUT2D eigenvalue weighted by molar-refractivity contribution is 6.30. The van der Waals surface area contributed by atoms with Crippen LogP contribution in [0.5, 0.6) is 5.75 Å². The van der Waals surface area contributed by atoms with Gasteiger partial charge >= 0.3 is 0 Å². The lowest BCUT2D eigenvalue weighted by Gasteiger charge is -2.14. The van der Waals surface area contributed by atoms with Gasteiger partial charge in [0.1, 0.15) is 12.3 Å². The predicted molar refractivity (Wildman–Crippen MR) is 97.8 cm³/mol. The van der Waals surface area contributed by atoms with Crippen molar-refractivity contribution in [3.05, 3.63) is 59.1 Å². The molecule has 1 heterocycles. The van der Waals surface area contributed by atoms with E-state index in [-0.39, 0.29) is 18.5 Å². The lowest BCUT2D eigenvalue weighted by molar-refractivity contribution is -0.122. The van der Waals surface area contributed by atoms with Gasteiger partial charge in [-0.25, -0.2) is 0 Å². The Morgan fingerprint density at radius 2 is 2.04 bits per heavy atom. The quantitative estimate of drug-likeness (QED) is 0.720. The van der Waals surface area contributed by atoms with Crippen LogP contribution >= 0.6 is 11.6 Å². The van der Waals surface area contributed by atoms with E-state index in [0.29, 0.717) is 16.6 Å². The molecule has 0 fully saturated rings. The van der Waals surface area contributed by atoms with Crippen molar-refractivity contribution < 1.29 is 9.53 Å². The van der Waals surface area contributed by atoms with Crippen LogP contribution < -0.4 is 10.1 Å². The molecule has 3 rings (SSSR count). The Morgan fingerprint density at radius 3 is 2.77 bits per heavy atom. The van der Waals surface area contributed by atoms with E-state index in [0.717, 1.165) is 11.1 Å². The van der Waals surface area contributed by atoms with Gasteiger partial charge in [0.05, 0.1) is 13.2 Å². The summed E-state index contributed by atoms with van der Waals surface area (Å²) in [6.07, 6.45) is 0. The van der Waals surface area contributed by atoms with Gasteiger partial charge in [-0.05, 0) is 42.0 Å². The van der Waals surface area contributed by atoms with Crippen molar-refractivity contribution in [2.45, 2.75) is 19.5 Å². The minimum atomic E-state index is -0.206. The molecule has 0 spiro atoms. The van der Waals surface area contributed by atoms with Gasteiger partial charge in [-0.3, -0.25) is 4.79 Å². The molecule has 0 radical (unpaired) electrons. The molecule has 1 N–H and O–H groups in total. The monoisotopic (exact) mass is 371 g/mol. The van der Waals surface area contributed by atoms with Crippen LogP contribution in [0, 0.1) is 0 Å². The van der Waals surface area contributed by atoms with E-state index in [2.05, 4.69) is 20.7 Å². The van der Waals surface area contributed by atoms with Gasteiger partial charge in [0, 0.05) is 10.6 Å². The Bertz CT molecular complexity index is 895. The molecular weight excluding hydrogens is 354 g/mol. The zero-order valence-corrected chi connectivity index (χ0v) is 15.1. The van der Waals surface area contributed by atoms with Crippen molar-refractivity contribution in [1.29, 1.82) is 0 Å². The Morgan fingerprint density at radius 1 is 1.27 bits per heavy atom. The van der Waals surface area contributed by atoms with Crippen molar-refractivity contribution >= 4 is 17.5 Å². The summed E-state index contributed by atoms with van der Waals surface area (Å²) < 4.78 is 5.19. The fourth-order valence-corrected chi connectivity index (χ4v) is 2.56. The number of hydrogen-bond acceptors (Lipinski definition) is 5. The van der Waals surface area contributed by atoms with Crippen LogP contribution in [0.15, 0.2) is 48.5 Å². The highest BCUT2D eigenvalue weighted by atomic mass is 35.5. The Hall–Kier alpha value is -2.93. The first-order valence-electron chi connectivity index (χ1n) is 8.02. The fraction of sp³-hybridized carbons (Fsp3) is 0.222. The van der Waals surface area contributed by atoms with Crippen LogP contribution in [0.3, 0.4) is 0 Å². The van der Waals surface area contributed by atoms with Crippen molar-refractivity contribution in [2.75, 3.05) is 7.11 Å². The van der Waals surface area contributed by atoms with Crippen LogP contribution in [0.1, 0.15) is 18.5 Å². The topological polar surface area (TPSA) is 81.9 Å². The van der Waals surface area contributed by atoms with Crippen molar-refractivity contribution in [3.63, 3.8) is 0 Å². The Kier molecular flexibility index (Phi) is 5.48. The maximum Gasteiger partial charge on any atom is 0.244 e. The van der Waals surface area contributed by atoms with Gasteiger partial charge in [-0.1, -0.05) is 35.9 Å². The molecule has 134 valence electrons. The van der Waals surface area contributed by atoms with Gasteiger partial charge in [0.15, 0.2) is 0 Å². The smallest absolute Gasteiger partial charge is 0.244 e. The first-order chi connectivity index (χ1) is 12.5. The first kappa shape index (κ1) is 17.9. The third kappa shape index (κ3) is 4.37. The SMILES string of the molecule is COc1cccc(-c2nnn(CC(=O)NC(C)c3ccc(Cl)cc3)n2)c1. The minimum absolute atomic E-state index is 0.0190. The van der Waals surface area contributed by atoms with E-state index in [9.17, 15) is 4.79 Å². The second-order valence-corrected chi connectivity index (χ2v) is 6.15. The molecule has 8 heteroatoms. The number of ether oxygens (including phenoxy) is 1. The molecule has 1 unspecified atom stereocenters. The summed E-state index contributed by atoms with van der Waals surface area (Å²) in [6, 6.07) is 14.5. The number of halogens is 1. The number of tetrazole rings is 1. The van der Waals surface area contributed by atoms with Gasteiger partial charge in [0.25, 0.3) is 0 Å². The molecule has 7 nitrogen and oxygen atoms in total. The van der Waals surface area contributed by atoms with Crippen LogP contribution in [-0.4, -0.2) is 33.2 Å². The number of methoxy groups -OCH3 is 1. The molecule has 0 saturated heterocycles. The number of benzene rings is 2. The predicted octanol–water partition coefficient (Wildman–Crippen LogP) is 2.88. The summed E-state index contributed by atoms with van der Waals surface area (Å²) in [6.45, 7) is 1.88. The number of amides is 1. The standard InChI is InChI=1S/C18H18ClN5O2/c1-12(13-6-8-15(19)9-7-13)20-17(25)11-24-22-18(21-23-24)14-4-3-5-16(10-14)26-2/h3-10,12H,11H2,1-2H3,(H,20,25). The van der Waals surface area contributed by atoms with Crippen molar-refractivity contribution in [3.8, 4) is 17.1 Å². The molecule has 0 bridgehead atoms. The van der Waals surface area contributed by atoms with Crippen LogP contribution in [0.4, 0.5) is 0 Å². The lowest BCUT2D eigenvalue weighted by atomic mass is 10.1. The van der Waals surface area contributed by atoms with Crippen LogP contribution in [0.2, 0.25) is 5.02 Å². The Balaban J connectivity index is 1.63. The highest BCUT2D eigenvalue weighted by Gasteiger charge is 2.13. The van der Waals surface area contributed by atoms with E-state index in [1.165, 1.54) is 4.80 Å². The summed E-state index contributed by atoms with van der Waals surface area (Å²) in [5.41, 5.74) is 1.73. The first-order valence-corrected chi connectivity index (χ1v) is 8.40. The van der Waals surface area contributed by atoms with E-state index < -0.39 is 0 Å². The number of nitrogens with one attached hydrogen (secondary N) is 1. The molecule has 0 aliphatic rings. The molecule has 0 saturated carbocycles. The number of nitrogens with zero attached hydrogens (tertiary/aromatic N) is 4. The summed E-state index contributed by atoms with van der Waals surface area (Å²) in [5.74, 6) is 0.929. The Labute approximate surface area is 155 Å². The molecule has 0 aliphatic carbocycles. The molecule has 1 atom stereocenters. The van der Waals surface area contributed by atoms with Crippen LogP contribution in [0.25, 0.3) is 11.4 Å². The lowest BCUT2D eigenvalue weighted by Crippen LogP contribution is -2.30. The molecule has 3 aromatic rings. The highest BCUT2D eigenvalue weighted by Crippen LogP contribution is 2.20. The normalized spacial score (nSPS) is 11.8. The van der Waals surface area contributed by atoms with Gasteiger partial charge in [-0.15, -0.1) is 10.2 Å². The summed E-state index contributed by atoms with van der Waals surface area (Å²) >= 11 is 5.88. The van der Waals surface area contributed by atoms with Gasteiger partial charge < -0.3 is 10.1 Å². The average molecular weight is 372 g/mol. The molecule has 1 amide bonds. The average Bonchev–Trinajstić information content (AvgIpc) is 3.10. The molecule has 26 heavy (non-hydrogen) atoms. The van der Waals surface area contributed by atoms with Crippen molar-refractivity contribution in [2.24, 2.45) is 0 Å². The number of aromatic nitrogens is 4. The third-order valence-corrected chi connectivity index (χ3v) is 4.07. The van der Waals surface area contributed by atoms with Crippen LogP contribution in [-0.2, 0) is 11.3 Å². The molecule has 0 aliphatic heterocycles. The summed E-state index contributed by atoms with van der Waals surface area (Å²) in [7, 11) is 1.59. The molecular formula is C18H18ClN5O2. The van der Waals surface area contributed by atoms with Crippen molar-refractivity contribution in [1.82, 2.24) is 25.5 Å². The van der Waals surface area contributed by atoms with Gasteiger partial charge in [-0.2, -0.15) is 4.80 Å². The minimum Gasteiger partial charge on any atom is -0.497 e. The maximum atomic E-state index is 12.2. The van der Waals surface area contributed by atoms with E-state index in [4.69, 9.17) is 16.3 Å². The maximum absolute atomic E-state index is 12.2. The third-order valence-electron chi connectivity index (χ3n) is 3.81. The number of carbonyl (C=O) groups excluding carboxylic acids is 1. The number of carbonyl (C=O) groups is 1. The van der Waals surface area contributed by atoms with E-state index in [1.807, 2.05) is 43.3 Å². The number of hydrogen-bond donors (Lipinski definition) is 1. The van der Waals surface area contributed by atoms with Gasteiger partial charge in [0.2, 0.25) is 11.7 Å². The van der Waals surface area contributed by atoms with E-state index >= 15 is 0 Å². The summed E-state index contributed by atoms with van der Waals surface area (Å²) in [4.78, 5) is 13.5. The second-order valence-electron chi connectivity index (χ2n) is 5.72. The summed E-state index contributed by atoms with van der Waals surface area (Å²) in [5, 5.41) is 15.7. The molecule has 2 aromatic carbocycles. The number of rotatable bonds is 6. The second kappa shape index (κ2) is 7.97.